The molecule has 0 unspecified atom stereocenters. The molecule has 1 aromatic carbocycles. The number of rotatable bonds is 8. The van der Waals surface area contributed by atoms with Gasteiger partial charge in [-0.05, 0) is 30.7 Å². The maximum absolute atomic E-state index is 13.2. The van der Waals surface area contributed by atoms with Gasteiger partial charge in [-0.15, -0.1) is 10.2 Å². The van der Waals surface area contributed by atoms with Gasteiger partial charge in [-0.2, -0.15) is 13.2 Å². The van der Waals surface area contributed by atoms with Gasteiger partial charge in [0.25, 0.3) is 0 Å². The third-order valence-electron chi connectivity index (χ3n) is 3.73. The van der Waals surface area contributed by atoms with Gasteiger partial charge < -0.3 is 0 Å². The molecule has 0 saturated heterocycles. The molecule has 0 spiro atoms. The predicted octanol–water partition coefficient (Wildman–Crippen LogP) is 5.26. The average molecular weight is 426 g/mol. The van der Waals surface area contributed by atoms with Crippen molar-refractivity contribution in [3.8, 4) is 5.69 Å². The maximum Gasteiger partial charge on any atom is 0.416 e. The second kappa shape index (κ2) is 9.42. The fourth-order valence-electron chi connectivity index (χ4n) is 2.36. The zero-order valence-electron chi connectivity index (χ0n) is 15.1. The number of hydrogen-bond acceptors (Lipinski definition) is 6. The molecule has 148 valence electrons. The molecule has 0 saturated carbocycles. The van der Waals surface area contributed by atoms with E-state index >= 15 is 0 Å². The number of aromatic nitrogens is 5. The Kier molecular flexibility index (Phi) is 6.95. The third kappa shape index (κ3) is 5.26. The van der Waals surface area contributed by atoms with Crippen molar-refractivity contribution in [2.24, 2.45) is 0 Å². The Bertz CT molecular complexity index is 900. The molecule has 5 nitrogen and oxygen atoms in total. The van der Waals surface area contributed by atoms with Crippen LogP contribution in [-0.2, 0) is 11.9 Å². The normalized spacial score (nSPS) is 11.7. The first-order valence-electron chi connectivity index (χ1n) is 8.63. The summed E-state index contributed by atoms with van der Waals surface area (Å²) in [6.45, 7) is 2.08. The summed E-state index contributed by atoms with van der Waals surface area (Å²) in [5.74, 6) is 1.76. The summed E-state index contributed by atoms with van der Waals surface area (Å²) in [7, 11) is 0. The predicted molar refractivity (Wildman–Crippen MR) is 104 cm³/mol. The molecular weight excluding hydrogens is 407 g/mol. The van der Waals surface area contributed by atoms with Crippen molar-refractivity contribution in [2.45, 2.75) is 42.0 Å². The van der Waals surface area contributed by atoms with E-state index in [-0.39, 0.29) is 0 Å². The SMILES string of the molecule is CCCCSc1nnc(CSc2ncccn2)n1-c1cccc(C(F)(F)F)c1. The van der Waals surface area contributed by atoms with Crippen LogP contribution in [0.25, 0.3) is 5.69 Å². The summed E-state index contributed by atoms with van der Waals surface area (Å²) in [5.41, 5.74) is -0.309. The van der Waals surface area contributed by atoms with E-state index in [0.717, 1.165) is 30.7 Å². The minimum atomic E-state index is -4.41. The van der Waals surface area contributed by atoms with Crippen molar-refractivity contribution < 1.29 is 13.2 Å². The summed E-state index contributed by atoms with van der Waals surface area (Å²) in [6.07, 6.45) is 0.880. The van der Waals surface area contributed by atoms with Crippen LogP contribution < -0.4 is 0 Å². The lowest BCUT2D eigenvalue weighted by atomic mass is 10.2. The molecule has 0 aliphatic rings. The van der Waals surface area contributed by atoms with Crippen LogP contribution >= 0.6 is 23.5 Å². The van der Waals surface area contributed by atoms with Gasteiger partial charge in [-0.1, -0.05) is 42.9 Å². The number of alkyl halides is 3. The molecule has 3 aromatic rings. The van der Waals surface area contributed by atoms with Crippen LogP contribution in [0.15, 0.2) is 53.0 Å². The molecule has 10 heteroatoms. The topological polar surface area (TPSA) is 56.5 Å². The van der Waals surface area contributed by atoms with E-state index in [2.05, 4.69) is 27.1 Å². The minimum Gasteiger partial charge on any atom is -0.273 e. The molecule has 0 aliphatic heterocycles. The zero-order valence-corrected chi connectivity index (χ0v) is 16.7. The standard InChI is InChI=1S/C18H18F3N5S2/c1-2-3-10-27-17-25-24-15(12-28-16-22-8-5-9-23-16)26(17)14-7-4-6-13(11-14)18(19,20)21/h4-9,11H,2-3,10,12H2,1H3. The van der Waals surface area contributed by atoms with E-state index in [0.29, 0.717) is 27.6 Å². The van der Waals surface area contributed by atoms with Crippen LogP contribution in [0.1, 0.15) is 31.2 Å². The molecule has 0 amide bonds. The molecule has 0 aliphatic carbocycles. The van der Waals surface area contributed by atoms with E-state index in [1.54, 1.807) is 29.1 Å². The van der Waals surface area contributed by atoms with Crippen molar-refractivity contribution in [2.75, 3.05) is 5.75 Å². The summed E-state index contributed by atoms with van der Waals surface area (Å²) in [6, 6.07) is 6.94. The van der Waals surface area contributed by atoms with Crippen molar-refractivity contribution >= 4 is 23.5 Å². The maximum atomic E-state index is 13.2. The van der Waals surface area contributed by atoms with Crippen LogP contribution in [0.4, 0.5) is 13.2 Å². The molecule has 0 N–H and O–H groups in total. The number of unbranched alkanes of at least 4 members (excludes halogenated alkanes) is 1. The first kappa shape index (κ1) is 20.7. The molecular formula is C18H18F3N5S2. The van der Waals surface area contributed by atoms with Crippen molar-refractivity contribution in [3.05, 3.63) is 54.1 Å². The van der Waals surface area contributed by atoms with Gasteiger partial charge in [-0.25, -0.2) is 9.97 Å². The van der Waals surface area contributed by atoms with Crippen molar-refractivity contribution in [3.63, 3.8) is 0 Å². The molecule has 0 radical (unpaired) electrons. The fraction of sp³-hybridized carbons (Fsp3) is 0.333. The lowest BCUT2D eigenvalue weighted by molar-refractivity contribution is -0.137. The fourth-order valence-corrected chi connectivity index (χ4v) is 4.13. The number of halogens is 3. The summed E-state index contributed by atoms with van der Waals surface area (Å²) >= 11 is 2.85. The third-order valence-corrected chi connectivity index (χ3v) is 5.62. The van der Waals surface area contributed by atoms with Crippen molar-refractivity contribution in [1.82, 2.24) is 24.7 Å². The molecule has 0 bridgehead atoms. The Labute approximate surface area is 169 Å². The molecule has 0 fully saturated rings. The summed E-state index contributed by atoms with van der Waals surface area (Å²) < 4.78 is 41.2. The molecule has 28 heavy (non-hydrogen) atoms. The van der Waals surface area contributed by atoms with Crippen LogP contribution in [0.2, 0.25) is 0 Å². The second-order valence-electron chi connectivity index (χ2n) is 5.80. The number of benzene rings is 1. The monoisotopic (exact) mass is 425 g/mol. The lowest BCUT2D eigenvalue weighted by Gasteiger charge is -2.13. The second-order valence-corrected chi connectivity index (χ2v) is 7.81. The van der Waals surface area contributed by atoms with Crippen LogP contribution in [-0.4, -0.2) is 30.5 Å². The Morgan fingerprint density at radius 3 is 2.54 bits per heavy atom. The Morgan fingerprint density at radius 1 is 1.04 bits per heavy atom. The smallest absolute Gasteiger partial charge is 0.273 e. The highest BCUT2D eigenvalue weighted by Gasteiger charge is 2.31. The first-order valence-corrected chi connectivity index (χ1v) is 10.6. The highest BCUT2D eigenvalue weighted by atomic mass is 32.2. The average Bonchev–Trinajstić information content (AvgIpc) is 3.10. The van der Waals surface area contributed by atoms with Gasteiger partial charge in [0.1, 0.15) is 5.82 Å². The highest BCUT2D eigenvalue weighted by Crippen LogP contribution is 2.32. The van der Waals surface area contributed by atoms with Crippen molar-refractivity contribution in [1.29, 1.82) is 0 Å². The Morgan fingerprint density at radius 2 is 1.82 bits per heavy atom. The number of hydrogen-bond donors (Lipinski definition) is 0. The molecule has 2 aromatic heterocycles. The Balaban J connectivity index is 1.92. The van der Waals surface area contributed by atoms with Crippen LogP contribution in [0.3, 0.4) is 0 Å². The van der Waals surface area contributed by atoms with Gasteiger partial charge in [0.15, 0.2) is 10.3 Å². The van der Waals surface area contributed by atoms with E-state index in [4.69, 9.17) is 0 Å². The quantitative estimate of drug-likeness (QED) is 0.279. The van der Waals surface area contributed by atoms with E-state index in [1.165, 1.54) is 29.6 Å². The van der Waals surface area contributed by atoms with E-state index in [9.17, 15) is 13.2 Å². The number of thioether (sulfide) groups is 2. The number of nitrogens with zero attached hydrogens (tertiary/aromatic N) is 5. The first-order chi connectivity index (χ1) is 13.5. The van der Waals surface area contributed by atoms with E-state index in [1.807, 2.05) is 0 Å². The Hall–Kier alpha value is -2.07. The molecule has 2 heterocycles. The highest BCUT2D eigenvalue weighted by molar-refractivity contribution is 7.99. The summed E-state index contributed by atoms with van der Waals surface area (Å²) in [4.78, 5) is 8.30. The zero-order chi connectivity index (χ0) is 20.0. The van der Waals surface area contributed by atoms with Gasteiger partial charge in [0.05, 0.1) is 17.0 Å². The van der Waals surface area contributed by atoms with E-state index < -0.39 is 11.7 Å². The molecule has 3 rings (SSSR count). The van der Waals surface area contributed by atoms with Crippen LogP contribution in [0.5, 0.6) is 0 Å². The van der Waals surface area contributed by atoms with Gasteiger partial charge in [0.2, 0.25) is 0 Å². The molecule has 0 atom stereocenters. The largest absolute Gasteiger partial charge is 0.416 e. The minimum absolute atomic E-state index is 0.390. The van der Waals surface area contributed by atoms with Gasteiger partial charge >= 0.3 is 6.18 Å². The van der Waals surface area contributed by atoms with Gasteiger partial charge in [0, 0.05) is 18.1 Å². The van der Waals surface area contributed by atoms with Crippen LogP contribution in [0, 0.1) is 0 Å². The lowest BCUT2D eigenvalue weighted by Crippen LogP contribution is -2.08. The van der Waals surface area contributed by atoms with Gasteiger partial charge in [-0.3, -0.25) is 4.57 Å². The summed E-state index contributed by atoms with van der Waals surface area (Å²) in [5, 5.41) is 9.57.